The van der Waals surface area contributed by atoms with Gasteiger partial charge in [0.15, 0.2) is 0 Å². The molecule has 2 heterocycles. The summed E-state index contributed by atoms with van der Waals surface area (Å²) in [6, 6.07) is 4.16. The van der Waals surface area contributed by atoms with E-state index >= 15 is 0 Å². The number of likely N-dealkylation sites (tertiary alicyclic amines) is 2. The van der Waals surface area contributed by atoms with E-state index in [0.29, 0.717) is 31.0 Å². The third-order valence-corrected chi connectivity index (χ3v) is 5.40. The van der Waals surface area contributed by atoms with Gasteiger partial charge in [-0.15, -0.1) is 0 Å². The van der Waals surface area contributed by atoms with Crippen molar-refractivity contribution in [1.82, 2.24) is 9.80 Å². The van der Waals surface area contributed by atoms with Gasteiger partial charge in [0.05, 0.1) is 5.02 Å². The molecule has 2 saturated heterocycles. The molecule has 0 unspecified atom stereocenters. The maximum absolute atomic E-state index is 13.2. The summed E-state index contributed by atoms with van der Waals surface area (Å²) in [6.45, 7) is 4.33. The first-order chi connectivity index (χ1) is 12.5. The Morgan fingerprint density at radius 2 is 2.15 bits per heavy atom. The number of halogens is 2. The van der Waals surface area contributed by atoms with Crippen molar-refractivity contribution in [2.45, 2.75) is 32.1 Å². The van der Waals surface area contributed by atoms with Crippen molar-refractivity contribution in [2.24, 2.45) is 5.92 Å². The number of anilines is 1. The second-order valence-corrected chi connectivity index (χ2v) is 7.59. The summed E-state index contributed by atoms with van der Waals surface area (Å²) in [7, 11) is 0. The topological polar surface area (TPSA) is 52.7 Å². The number of carbonyl (C=O) groups is 2. The summed E-state index contributed by atoms with van der Waals surface area (Å²) in [5.41, 5.74) is 0.505. The van der Waals surface area contributed by atoms with Crippen molar-refractivity contribution in [1.29, 1.82) is 0 Å². The van der Waals surface area contributed by atoms with E-state index in [4.69, 9.17) is 11.6 Å². The van der Waals surface area contributed by atoms with Crippen LogP contribution in [0.15, 0.2) is 18.2 Å². The zero-order valence-electron chi connectivity index (χ0n) is 14.8. The molecule has 142 valence electrons. The zero-order chi connectivity index (χ0) is 18.5. The Morgan fingerprint density at radius 3 is 2.88 bits per heavy atom. The average molecular weight is 382 g/mol. The van der Waals surface area contributed by atoms with Gasteiger partial charge < -0.3 is 15.1 Å². The lowest BCUT2D eigenvalue weighted by Crippen LogP contribution is -2.42. The van der Waals surface area contributed by atoms with Crippen molar-refractivity contribution >= 4 is 29.1 Å². The predicted molar refractivity (Wildman–Crippen MR) is 99.6 cm³/mol. The Hall–Kier alpha value is -1.66. The second kappa shape index (κ2) is 8.82. The predicted octanol–water partition coefficient (Wildman–Crippen LogP) is 3.14. The molecule has 5 nitrogen and oxygen atoms in total. The number of nitrogens with zero attached hydrogens (tertiary/aromatic N) is 2. The molecule has 1 aromatic carbocycles. The fourth-order valence-electron chi connectivity index (χ4n) is 3.77. The molecule has 0 spiro atoms. The Kier molecular flexibility index (Phi) is 6.48. The van der Waals surface area contributed by atoms with Crippen LogP contribution in [0.4, 0.5) is 10.1 Å². The number of benzene rings is 1. The van der Waals surface area contributed by atoms with Gasteiger partial charge in [-0.3, -0.25) is 9.59 Å². The molecule has 0 radical (unpaired) electrons. The molecule has 7 heteroatoms. The highest BCUT2D eigenvalue weighted by Crippen LogP contribution is 2.21. The number of rotatable bonds is 6. The van der Waals surface area contributed by atoms with E-state index in [0.717, 1.165) is 45.4 Å². The second-order valence-electron chi connectivity index (χ2n) is 7.18. The Bertz CT molecular complexity index is 670. The molecule has 1 atom stereocenters. The largest absolute Gasteiger partial charge is 0.342 e. The van der Waals surface area contributed by atoms with Crippen LogP contribution in [-0.2, 0) is 9.59 Å². The van der Waals surface area contributed by atoms with Crippen molar-refractivity contribution in [3.05, 3.63) is 29.0 Å². The van der Waals surface area contributed by atoms with Gasteiger partial charge in [0.1, 0.15) is 5.82 Å². The maximum atomic E-state index is 13.2. The molecule has 2 fully saturated rings. The van der Waals surface area contributed by atoms with E-state index < -0.39 is 5.82 Å². The number of hydrogen-bond acceptors (Lipinski definition) is 3. The van der Waals surface area contributed by atoms with E-state index in [1.54, 1.807) is 0 Å². The Labute approximate surface area is 158 Å². The van der Waals surface area contributed by atoms with Gasteiger partial charge in [-0.2, -0.15) is 0 Å². The van der Waals surface area contributed by atoms with Crippen LogP contribution in [0.5, 0.6) is 0 Å². The lowest BCUT2D eigenvalue weighted by molar-refractivity contribution is -0.128. The molecular formula is C19H25ClFN3O2. The van der Waals surface area contributed by atoms with E-state index in [9.17, 15) is 14.0 Å². The quantitative estimate of drug-likeness (QED) is 0.823. The number of piperidine rings is 1. The van der Waals surface area contributed by atoms with Crippen LogP contribution >= 0.6 is 11.6 Å². The van der Waals surface area contributed by atoms with E-state index in [1.165, 1.54) is 18.2 Å². The lowest BCUT2D eigenvalue weighted by Gasteiger charge is -2.34. The number of nitrogens with one attached hydrogen (secondary N) is 1. The van der Waals surface area contributed by atoms with E-state index in [2.05, 4.69) is 10.2 Å². The van der Waals surface area contributed by atoms with Crippen LogP contribution in [0, 0.1) is 11.7 Å². The fourth-order valence-corrected chi connectivity index (χ4v) is 3.95. The summed E-state index contributed by atoms with van der Waals surface area (Å²) >= 11 is 5.73. The van der Waals surface area contributed by atoms with E-state index in [-0.39, 0.29) is 16.8 Å². The maximum Gasteiger partial charge on any atom is 0.225 e. The summed E-state index contributed by atoms with van der Waals surface area (Å²) in [5, 5.41) is 2.75. The van der Waals surface area contributed by atoms with Crippen molar-refractivity contribution in [2.75, 3.05) is 38.0 Å². The fraction of sp³-hybridized carbons (Fsp3) is 0.579. The van der Waals surface area contributed by atoms with Crippen LogP contribution in [0.2, 0.25) is 5.02 Å². The van der Waals surface area contributed by atoms with Gasteiger partial charge >= 0.3 is 0 Å². The normalized spacial score (nSPS) is 21.2. The van der Waals surface area contributed by atoms with E-state index in [1.807, 2.05) is 4.90 Å². The van der Waals surface area contributed by atoms with Gasteiger partial charge in [-0.1, -0.05) is 11.6 Å². The third-order valence-electron chi connectivity index (χ3n) is 5.11. The molecular weight excluding hydrogens is 357 g/mol. The summed E-state index contributed by atoms with van der Waals surface area (Å²) in [6.07, 6.45) is 4.28. The first-order valence-corrected chi connectivity index (χ1v) is 9.64. The monoisotopic (exact) mass is 381 g/mol. The molecule has 0 aliphatic carbocycles. The number of carbonyl (C=O) groups excluding carboxylic acids is 2. The van der Waals surface area contributed by atoms with Gasteiger partial charge in [-0.05, 0) is 49.9 Å². The minimum Gasteiger partial charge on any atom is -0.342 e. The van der Waals surface area contributed by atoms with Crippen molar-refractivity contribution < 1.29 is 14.0 Å². The molecule has 3 rings (SSSR count). The number of amides is 2. The summed E-state index contributed by atoms with van der Waals surface area (Å²) in [5.74, 6) is 0.161. The number of hydrogen-bond donors (Lipinski definition) is 1. The van der Waals surface area contributed by atoms with Crippen LogP contribution < -0.4 is 5.32 Å². The minimum absolute atomic E-state index is 0.00173. The average Bonchev–Trinajstić information content (AvgIpc) is 3.02. The van der Waals surface area contributed by atoms with Gasteiger partial charge in [0.25, 0.3) is 0 Å². The summed E-state index contributed by atoms with van der Waals surface area (Å²) in [4.78, 5) is 28.2. The third kappa shape index (κ3) is 5.17. The molecule has 0 bridgehead atoms. The molecule has 26 heavy (non-hydrogen) atoms. The highest BCUT2D eigenvalue weighted by atomic mass is 35.5. The van der Waals surface area contributed by atoms with Gasteiger partial charge in [-0.25, -0.2) is 4.39 Å². The Morgan fingerprint density at radius 1 is 1.31 bits per heavy atom. The lowest BCUT2D eigenvalue weighted by atomic mass is 9.97. The van der Waals surface area contributed by atoms with Crippen LogP contribution in [0.1, 0.15) is 32.1 Å². The minimum atomic E-state index is -0.500. The van der Waals surface area contributed by atoms with Gasteiger partial charge in [0, 0.05) is 44.7 Å². The molecule has 2 aliphatic heterocycles. The van der Waals surface area contributed by atoms with Crippen LogP contribution in [0.3, 0.4) is 0 Å². The molecule has 2 amide bonds. The zero-order valence-corrected chi connectivity index (χ0v) is 15.6. The van der Waals surface area contributed by atoms with Crippen LogP contribution in [-0.4, -0.2) is 54.3 Å². The van der Waals surface area contributed by atoms with Crippen molar-refractivity contribution in [3.63, 3.8) is 0 Å². The molecule has 1 aromatic rings. The first kappa shape index (κ1) is 19.1. The van der Waals surface area contributed by atoms with Crippen LogP contribution in [0.25, 0.3) is 0 Å². The first-order valence-electron chi connectivity index (χ1n) is 9.26. The van der Waals surface area contributed by atoms with Gasteiger partial charge in [0.2, 0.25) is 11.8 Å². The molecule has 1 N–H and O–H groups in total. The molecule has 2 aliphatic rings. The smallest absolute Gasteiger partial charge is 0.225 e. The molecule has 0 aromatic heterocycles. The highest BCUT2D eigenvalue weighted by Gasteiger charge is 2.26. The summed E-state index contributed by atoms with van der Waals surface area (Å²) < 4.78 is 13.2. The molecule has 0 saturated carbocycles. The standard InChI is InChI=1S/C19H25ClFN3O2/c20-16-11-15(5-6-17(16)21)22-18(25)7-10-23-8-1-3-14(12-23)13-24-9-2-4-19(24)26/h5-6,11,14H,1-4,7-10,12-13H2,(H,22,25)/t14-/m0/s1. The Balaban J connectivity index is 1.42. The van der Waals surface area contributed by atoms with Crippen molar-refractivity contribution in [3.8, 4) is 0 Å². The SMILES string of the molecule is O=C(CCN1CCC[C@H](CN2CCCC2=O)C1)Nc1ccc(F)c(Cl)c1. The highest BCUT2D eigenvalue weighted by molar-refractivity contribution is 6.31.